The number of hydrogen-bond donors (Lipinski definition) is 0. The predicted octanol–water partition coefficient (Wildman–Crippen LogP) is 5.15. The van der Waals surface area contributed by atoms with Crippen LogP contribution in [-0.2, 0) is 19.4 Å². The summed E-state index contributed by atoms with van der Waals surface area (Å²) in [6.07, 6.45) is 3.33. The first-order valence-corrected chi connectivity index (χ1v) is 10.4. The Bertz CT molecular complexity index is 988. The minimum Gasteiger partial charge on any atom is -0.484 e. The minimum absolute atomic E-state index is 0.0665. The van der Waals surface area contributed by atoms with E-state index in [1.54, 1.807) is 24.3 Å². The average Bonchev–Trinajstić information content (AvgIpc) is 3.35. The molecule has 1 aliphatic rings. The van der Waals surface area contributed by atoms with Crippen molar-refractivity contribution in [1.82, 2.24) is 10.2 Å². The lowest BCUT2D eigenvalue weighted by Gasteiger charge is -2.09. The number of thioether (sulfide) groups is 1. The number of ether oxygens (including phenoxy) is 1. The van der Waals surface area contributed by atoms with E-state index in [1.165, 1.54) is 29.3 Å². The zero-order chi connectivity index (χ0) is 19.5. The van der Waals surface area contributed by atoms with Crippen molar-refractivity contribution in [1.29, 1.82) is 0 Å². The third kappa shape index (κ3) is 4.39. The van der Waals surface area contributed by atoms with Crippen LogP contribution < -0.4 is 4.74 Å². The molecule has 3 aromatic rings. The van der Waals surface area contributed by atoms with Crippen LogP contribution in [0.15, 0.2) is 52.1 Å². The minimum atomic E-state index is -0.315. The standard InChI is InChI=1S/C21H19ClN2O3S/c1-13(20(25)16-6-5-14-3-2-4-15(14)11-16)28-21-24-23-19(27-21)12-26-18-9-7-17(22)8-10-18/h5-11,13H,2-4,12H2,1H3. The summed E-state index contributed by atoms with van der Waals surface area (Å²) >= 11 is 7.11. The summed E-state index contributed by atoms with van der Waals surface area (Å²) in [7, 11) is 0. The number of aryl methyl sites for hydroxylation is 2. The van der Waals surface area contributed by atoms with E-state index in [4.69, 9.17) is 20.8 Å². The number of carbonyl (C=O) groups excluding carboxylic acids is 1. The van der Waals surface area contributed by atoms with Crippen molar-refractivity contribution in [2.24, 2.45) is 0 Å². The molecule has 7 heteroatoms. The van der Waals surface area contributed by atoms with E-state index in [1.807, 2.05) is 19.1 Å². The SMILES string of the molecule is CC(Sc1nnc(COc2ccc(Cl)cc2)o1)C(=O)c1ccc2c(c1)CCC2. The summed E-state index contributed by atoms with van der Waals surface area (Å²) in [4.78, 5) is 12.7. The van der Waals surface area contributed by atoms with Gasteiger partial charge in [-0.15, -0.1) is 10.2 Å². The van der Waals surface area contributed by atoms with Gasteiger partial charge in [0.2, 0.25) is 0 Å². The van der Waals surface area contributed by atoms with Crippen molar-refractivity contribution in [3.63, 3.8) is 0 Å². The molecule has 0 saturated heterocycles. The second-order valence-corrected chi connectivity index (χ2v) is 8.39. The number of fused-ring (bicyclic) bond motifs is 1. The van der Waals surface area contributed by atoms with Gasteiger partial charge in [0.05, 0.1) is 5.25 Å². The van der Waals surface area contributed by atoms with Crippen molar-refractivity contribution < 1.29 is 13.9 Å². The maximum atomic E-state index is 12.7. The van der Waals surface area contributed by atoms with Crippen LogP contribution in [0.25, 0.3) is 0 Å². The number of benzene rings is 2. The Morgan fingerprint density at radius 1 is 1.18 bits per heavy atom. The van der Waals surface area contributed by atoms with Crippen molar-refractivity contribution in [3.8, 4) is 5.75 Å². The van der Waals surface area contributed by atoms with Gasteiger partial charge in [-0.05, 0) is 67.6 Å². The number of nitrogens with zero attached hydrogens (tertiary/aromatic N) is 2. The van der Waals surface area contributed by atoms with Gasteiger partial charge in [-0.3, -0.25) is 4.79 Å². The summed E-state index contributed by atoms with van der Waals surface area (Å²) in [5.74, 6) is 1.09. The van der Waals surface area contributed by atoms with Crippen molar-refractivity contribution in [3.05, 3.63) is 70.1 Å². The number of carbonyl (C=O) groups is 1. The number of Topliss-reactive ketones (excluding diaryl/α,β-unsaturated/α-hetero) is 1. The monoisotopic (exact) mass is 414 g/mol. The summed E-state index contributed by atoms with van der Waals surface area (Å²) in [6, 6.07) is 13.1. The molecule has 1 unspecified atom stereocenters. The van der Waals surface area contributed by atoms with Crippen LogP contribution in [0.1, 0.15) is 40.7 Å². The maximum absolute atomic E-state index is 12.7. The van der Waals surface area contributed by atoms with Gasteiger partial charge in [-0.2, -0.15) is 0 Å². The molecule has 1 heterocycles. The first-order valence-electron chi connectivity index (χ1n) is 9.12. The molecule has 0 aliphatic heterocycles. The number of aromatic nitrogens is 2. The smallest absolute Gasteiger partial charge is 0.277 e. The normalized spacial score (nSPS) is 13.9. The second-order valence-electron chi connectivity index (χ2n) is 6.67. The van der Waals surface area contributed by atoms with Gasteiger partial charge in [-0.25, -0.2) is 0 Å². The highest BCUT2D eigenvalue weighted by Gasteiger charge is 2.21. The third-order valence-electron chi connectivity index (χ3n) is 4.65. The van der Waals surface area contributed by atoms with Crippen LogP contribution in [0.5, 0.6) is 5.75 Å². The quantitative estimate of drug-likeness (QED) is 0.393. The van der Waals surface area contributed by atoms with E-state index >= 15 is 0 Å². The topological polar surface area (TPSA) is 65.2 Å². The largest absolute Gasteiger partial charge is 0.484 e. The molecule has 1 atom stereocenters. The Kier molecular flexibility index (Phi) is 5.69. The summed E-state index contributed by atoms with van der Waals surface area (Å²) in [5.41, 5.74) is 3.40. The number of halogens is 1. The molecule has 4 rings (SSSR count). The Morgan fingerprint density at radius 2 is 1.96 bits per heavy atom. The molecular weight excluding hydrogens is 396 g/mol. The molecule has 0 amide bonds. The van der Waals surface area contributed by atoms with Gasteiger partial charge in [0.15, 0.2) is 12.4 Å². The van der Waals surface area contributed by atoms with E-state index in [0.29, 0.717) is 21.9 Å². The molecular formula is C21H19ClN2O3S. The molecule has 0 fully saturated rings. The zero-order valence-electron chi connectivity index (χ0n) is 15.4. The van der Waals surface area contributed by atoms with Gasteiger partial charge < -0.3 is 9.15 Å². The molecule has 1 aromatic heterocycles. The number of rotatable bonds is 7. The number of ketones is 1. The van der Waals surface area contributed by atoms with Crippen LogP contribution in [-0.4, -0.2) is 21.2 Å². The molecule has 0 saturated carbocycles. The Balaban J connectivity index is 1.35. The van der Waals surface area contributed by atoms with E-state index < -0.39 is 0 Å². The predicted molar refractivity (Wildman–Crippen MR) is 108 cm³/mol. The molecule has 0 spiro atoms. The van der Waals surface area contributed by atoms with Crippen LogP contribution in [0.3, 0.4) is 0 Å². The lowest BCUT2D eigenvalue weighted by molar-refractivity contribution is 0.0993. The van der Waals surface area contributed by atoms with Gasteiger partial charge in [0, 0.05) is 10.6 Å². The first-order chi connectivity index (χ1) is 13.6. The van der Waals surface area contributed by atoms with Crippen molar-refractivity contribution >= 4 is 29.1 Å². The third-order valence-corrected chi connectivity index (χ3v) is 5.84. The Hall–Kier alpha value is -2.31. The fraction of sp³-hybridized carbons (Fsp3) is 0.286. The number of hydrogen-bond acceptors (Lipinski definition) is 6. The average molecular weight is 415 g/mol. The maximum Gasteiger partial charge on any atom is 0.277 e. The van der Waals surface area contributed by atoms with Gasteiger partial charge in [-0.1, -0.05) is 35.5 Å². The molecule has 5 nitrogen and oxygen atoms in total. The highest BCUT2D eigenvalue weighted by Crippen LogP contribution is 2.28. The molecule has 0 N–H and O–H groups in total. The van der Waals surface area contributed by atoms with E-state index in [9.17, 15) is 4.79 Å². The van der Waals surface area contributed by atoms with E-state index in [-0.39, 0.29) is 17.6 Å². The highest BCUT2D eigenvalue weighted by molar-refractivity contribution is 8.00. The van der Waals surface area contributed by atoms with Gasteiger partial charge >= 0.3 is 0 Å². The summed E-state index contributed by atoms with van der Waals surface area (Å²) in [6.45, 7) is 2.01. The fourth-order valence-electron chi connectivity index (χ4n) is 3.18. The van der Waals surface area contributed by atoms with Crippen molar-refractivity contribution in [2.75, 3.05) is 0 Å². The molecule has 2 aromatic carbocycles. The molecule has 144 valence electrons. The second kappa shape index (κ2) is 8.37. The van der Waals surface area contributed by atoms with Gasteiger partial charge in [0.25, 0.3) is 11.1 Å². The molecule has 0 radical (unpaired) electrons. The van der Waals surface area contributed by atoms with Gasteiger partial charge in [0.1, 0.15) is 5.75 Å². The lowest BCUT2D eigenvalue weighted by atomic mass is 10.0. The highest BCUT2D eigenvalue weighted by atomic mass is 35.5. The molecule has 1 aliphatic carbocycles. The van der Waals surface area contributed by atoms with Crippen LogP contribution in [0.4, 0.5) is 0 Å². The van der Waals surface area contributed by atoms with Crippen LogP contribution in [0.2, 0.25) is 5.02 Å². The molecule has 28 heavy (non-hydrogen) atoms. The Morgan fingerprint density at radius 3 is 2.79 bits per heavy atom. The summed E-state index contributed by atoms with van der Waals surface area (Å²) < 4.78 is 11.2. The summed E-state index contributed by atoms with van der Waals surface area (Å²) in [5, 5.41) is 8.68. The van der Waals surface area contributed by atoms with Crippen LogP contribution >= 0.6 is 23.4 Å². The zero-order valence-corrected chi connectivity index (χ0v) is 16.9. The molecule has 0 bridgehead atoms. The first kappa shape index (κ1) is 19.0. The van der Waals surface area contributed by atoms with Crippen LogP contribution in [0, 0.1) is 0 Å². The van der Waals surface area contributed by atoms with E-state index in [2.05, 4.69) is 16.3 Å². The van der Waals surface area contributed by atoms with Crippen molar-refractivity contribution in [2.45, 2.75) is 43.3 Å². The van der Waals surface area contributed by atoms with E-state index in [0.717, 1.165) is 18.4 Å². The fourth-order valence-corrected chi connectivity index (χ4v) is 4.09. The Labute approximate surface area is 172 Å². The lowest BCUT2D eigenvalue weighted by Crippen LogP contribution is -2.13.